The van der Waals surface area contributed by atoms with Gasteiger partial charge < -0.3 is 30.3 Å². The number of H-pyrrole nitrogens is 1. The molecule has 6 rings (SSSR count). The Kier molecular flexibility index (Phi) is 8.14. The number of piperidine rings is 1. The number of carbonyl (C=O) groups excluding carboxylic acids is 1. The number of carbonyl (C=O) groups is 1. The molecule has 6 heterocycles. The van der Waals surface area contributed by atoms with Crippen LogP contribution in [-0.2, 0) is 9.47 Å². The number of nitrogens with zero attached hydrogens (tertiary/aromatic N) is 6. The Morgan fingerprint density at radius 3 is 2.77 bits per heavy atom. The maximum Gasteiger partial charge on any atom is 0.269 e. The molecule has 2 fully saturated rings. The van der Waals surface area contributed by atoms with E-state index in [2.05, 4.69) is 39.2 Å². The minimum atomic E-state index is -0.205. The second kappa shape index (κ2) is 11.4. The van der Waals surface area contributed by atoms with Gasteiger partial charge in [-0.1, -0.05) is 6.92 Å². The van der Waals surface area contributed by atoms with Crippen molar-refractivity contribution in [2.75, 3.05) is 56.3 Å². The fraction of sp³-hybridized carbons (Fsp3) is 0.593. The fourth-order valence-electron chi connectivity index (χ4n) is 6.12. The van der Waals surface area contributed by atoms with Gasteiger partial charge in [0.15, 0.2) is 17.0 Å². The maximum atomic E-state index is 12.6. The first-order valence-corrected chi connectivity index (χ1v) is 13.8. The fourth-order valence-corrected chi connectivity index (χ4v) is 6.12. The molecule has 3 aromatic rings. The number of fused-ring (bicyclic) bond motifs is 2. The molecule has 1 spiro atoms. The van der Waals surface area contributed by atoms with Crippen LogP contribution in [0.25, 0.3) is 11.2 Å². The Labute approximate surface area is 239 Å². The lowest BCUT2D eigenvalue weighted by Crippen LogP contribution is -2.50. The van der Waals surface area contributed by atoms with E-state index < -0.39 is 0 Å². The predicted octanol–water partition coefficient (Wildman–Crippen LogP) is 2.52. The van der Waals surface area contributed by atoms with Gasteiger partial charge in [0, 0.05) is 50.7 Å². The molecule has 2 saturated heterocycles. The average Bonchev–Trinajstić information content (AvgIpc) is 3.50. The van der Waals surface area contributed by atoms with Crippen molar-refractivity contribution in [3.8, 4) is 0 Å². The first-order chi connectivity index (χ1) is 18.9. The molecule has 40 heavy (non-hydrogen) atoms. The molecule has 12 nitrogen and oxygen atoms in total. The van der Waals surface area contributed by atoms with E-state index in [4.69, 9.17) is 30.2 Å². The molecule has 3 aliphatic heterocycles. The SMILES string of the molecule is COCCNC(=O)c1ccc2c(n1)[C@@H](C)CCN2c1n[nH]c2nc(N3CCC4(CC3)CO[C@@H](C)[C@H]4N)cnc12.Cl. The molecule has 0 saturated carbocycles. The molecule has 0 unspecified atom stereocenters. The predicted molar refractivity (Wildman–Crippen MR) is 155 cm³/mol. The third-order valence-electron chi connectivity index (χ3n) is 8.69. The van der Waals surface area contributed by atoms with Crippen LogP contribution in [0.1, 0.15) is 55.2 Å². The molecule has 4 N–H and O–H groups in total. The standard InChI is InChI=1S/C27H37N9O3.ClH/c1-16-6-10-36(19-5-4-18(31-21(16)19)26(37)29-9-13-38-3)25-22-24(33-34-25)32-20(14-30-22)35-11-7-27(8-12-35)15-39-17(2)23(27)28;/h4-5,14,16-17,23H,6-13,15,28H2,1-3H3,(H,29,37)(H,32,33,34);1H/t16-,17-,23+;/m0./s1. The number of hydrogen-bond donors (Lipinski definition) is 3. The monoisotopic (exact) mass is 571 g/mol. The van der Waals surface area contributed by atoms with Crippen LogP contribution in [-0.4, -0.2) is 89.7 Å². The molecule has 0 radical (unpaired) electrons. The summed E-state index contributed by atoms with van der Waals surface area (Å²) in [6, 6.07) is 3.79. The number of hydrogen-bond acceptors (Lipinski definition) is 10. The summed E-state index contributed by atoms with van der Waals surface area (Å²) >= 11 is 0. The summed E-state index contributed by atoms with van der Waals surface area (Å²) in [6.45, 7) is 8.35. The van der Waals surface area contributed by atoms with Crippen molar-refractivity contribution < 1.29 is 14.3 Å². The molecule has 0 aliphatic carbocycles. The number of halogens is 1. The summed E-state index contributed by atoms with van der Waals surface area (Å²) < 4.78 is 10.9. The summed E-state index contributed by atoms with van der Waals surface area (Å²) in [5, 5.41) is 10.6. The summed E-state index contributed by atoms with van der Waals surface area (Å²) in [5.74, 6) is 1.57. The molecule has 1 amide bonds. The number of nitrogens with two attached hydrogens (primary N) is 1. The molecular weight excluding hydrogens is 534 g/mol. The second-order valence-electron chi connectivity index (χ2n) is 11.1. The van der Waals surface area contributed by atoms with Gasteiger partial charge in [-0.15, -0.1) is 12.4 Å². The highest BCUT2D eigenvalue weighted by atomic mass is 35.5. The van der Waals surface area contributed by atoms with Crippen LogP contribution in [0.15, 0.2) is 18.3 Å². The third-order valence-corrected chi connectivity index (χ3v) is 8.69. The lowest BCUT2D eigenvalue weighted by atomic mass is 9.73. The summed E-state index contributed by atoms with van der Waals surface area (Å²) in [4.78, 5) is 31.4. The Morgan fingerprint density at radius 1 is 1.25 bits per heavy atom. The van der Waals surface area contributed by atoms with Gasteiger partial charge in [-0.05, 0) is 38.3 Å². The lowest BCUT2D eigenvalue weighted by molar-refractivity contribution is 0.0931. The van der Waals surface area contributed by atoms with Crippen molar-refractivity contribution >= 4 is 46.8 Å². The van der Waals surface area contributed by atoms with Crippen molar-refractivity contribution in [1.29, 1.82) is 0 Å². The first-order valence-electron chi connectivity index (χ1n) is 13.8. The normalized spacial score (nSPS) is 23.8. The molecule has 0 aromatic carbocycles. The zero-order valence-corrected chi connectivity index (χ0v) is 24.0. The minimum absolute atomic E-state index is 0. The molecule has 3 aliphatic rings. The Balaban J connectivity index is 0.00000323. The van der Waals surface area contributed by atoms with E-state index in [0.717, 1.165) is 68.5 Å². The largest absolute Gasteiger partial charge is 0.383 e. The van der Waals surface area contributed by atoms with Gasteiger partial charge in [0.05, 0.1) is 36.9 Å². The van der Waals surface area contributed by atoms with Gasteiger partial charge in [-0.3, -0.25) is 9.89 Å². The van der Waals surface area contributed by atoms with Crippen molar-refractivity contribution in [2.24, 2.45) is 11.1 Å². The zero-order chi connectivity index (χ0) is 27.1. The van der Waals surface area contributed by atoms with Gasteiger partial charge in [0.2, 0.25) is 0 Å². The highest BCUT2D eigenvalue weighted by molar-refractivity contribution is 5.93. The number of anilines is 3. The molecule has 13 heteroatoms. The van der Waals surface area contributed by atoms with Crippen LogP contribution < -0.4 is 20.9 Å². The van der Waals surface area contributed by atoms with E-state index in [1.165, 1.54) is 0 Å². The van der Waals surface area contributed by atoms with Crippen molar-refractivity contribution in [2.45, 2.75) is 51.2 Å². The van der Waals surface area contributed by atoms with Crippen LogP contribution >= 0.6 is 12.4 Å². The van der Waals surface area contributed by atoms with Gasteiger partial charge in [0.1, 0.15) is 11.5 Å². The van der Waals surface area contributed by atoms with E-state index in [0.29, 0.717) is 30.0 Å². The lowest BCUT2D eigenvalue weighted by Gasteiger charge is -2.41. The van der Waals surface area contributed by atoms with E-state index in [9.17, 15) is 4.79 Å². The molecule has 3 aromatic heterocycles. The highest BCUT2D eigenvalue weighted by Crippen LogP contribution is 2.42. The van der Waals surface area contributed by atoms with Gasteiger partial charge in [-0.2, -0.15) is 5.10 Å². The maximum absolute atomic E-state index is 12.6. The van der Waals surface area contributed by atoms with Gasteiger partial charge >= 0.3 is 0 Å². The van der Waals surface area contributed by atoms with Crippen LogP contribution in [0.2, 0.25) is 0 Å². The Hall–Kier alpha value is -3.06. The Morgan fingerprint density at radius 2 is 2.05 bits per heavy atom. The molecule has 3 atom stereocenters. The molecule has 216 valence electrons. The number of aromatic amines is 1. The number of methoxy groups -OCH3 is 1. The van der Waals surface area contributed by atoms with E-state index in [1.807, 2.05) is 12.3 Å². The van der Waals surface area contributed by atoms with Crippen LogP contribution in [0.5, 0.6) is 0 Å². The van der Waals surface area contributed by atoms with Crippen LogP contribution in [0.3, 0.4) is 0 Å². The van der Waals surface area contributed by atoms with Crippen molar-refractivity contribution in [1.82, 2.24) is 30.5 Å². The first kappa shape index (κ1) is 28.5. The van der Waals surface area contributed by atoms with E-state index in [-0.39, 0.29) is 41.8 Å². The summed E-state index contributed by atoms with van der Waals surface area (Å²) in [5.41, 5.74) is 10.1. The van der Waals surface area contributed by atoms with Crippen molar-refractivity contribution in [3.05, 3.63) is 29.7 Å². The number of pyridine rings is 1. The number of rotatable bonds is 6. The van der Waals surface area contributed by atoms with Crippen molar-refractivity contribution in [3.63, 3.8) is 0 Å². The summed E-state index contributed by atoms with van der Waals surface area (Å²) in [7, 11) is 1.61. The average molecular weight is 572 g/mol. The zero-order valence-electron chi connectivity index (χ0n) is 23.2. The number of nitrogens with one attached hydrogen (secondary N) is 2. The molecule has 0 bridgehead atoms. The summed E-state index contributed by atoms with van der Waals surface area (Å²) in [6.07, 6.45) is 4.79. The number of ether oxygens (including phenoxy) is 2. The second-order valence-corrected chi connectivity index (χ2v) is 11.1. The smallest absolute Gasteiger partial charge is 0.269 e. The van der Waals surface area contributed by atoms with E-state index >= 15 is 0 Å². The third kappa shape index (κ3) is 4.98. The highest BCUT2D eigenvalue weighted by Gasteiger charge is 2.47. The van der Waals surface area contributed by atoms with E-state index in [1.54, 1.807) is 13.2 Å². The van der Waals surface area contributed by atoms with Gasteiger partial charge in [0.25, 0.3) is 5.91 Å². The van der Waals surface area contributed by atoms with Crippen LogP contribution in [0.4, 0.5) is 17.3 Å². The van der Waals surface area contributed by atoms with Crippen LogP contribution in [0, 0.1) is 5.41 Å². The minimum Gasteiger partial charge on any atom is -0.383 e. The van der Waals surface area contributed by atoms with Gasteiger partial charge in [-0.25, -0.2) is 15.0 Å². The number of aromatic nitrogens is 5. The topological polar surface area (TPSA) is 147 Å². The molecular formula is C27H38ClN9O3. The number of amides is 1. The quantitative estimate of drug-likeness (QED) is 0.377. The Bertz CT molecular complexity index is 1360.